The molecule has 5 nitrogen and oxygen atoms in total. The Morgan fingerprint density at radius 3 is 2.84 bits per heavy atom. The van der Waals surface area contributed by atoms with E-state index in [2.05, 4.69) is 9.88 Å². The van der Waals surface area contributed by atoms with Gasteiger partial charge in [-0.15, -0.1) is 0 Å². The highest BCUT2D eigenvalue weighted by Gasteiger charge is 2.25. The van der Waals surface area contributed by atoms with E-state index in [-0.39, 0.29) is 12.1 Å². The highest BCUT2D eigenvalue weighted by molar-refractivity contribution is 5.68. The topological polar surface area (TPSA) is 52.5 Å². The van der Waals surface area contributed by atoms with Crippen molar-refractivity contribution in [1.29, 1.82) is 0 Å². The van der Waals surface area contributed by atoms with Gasteiger partial charge in [0.25, 0.3) is 0 Å². The normalized spacial score (nSPS) is 18.6. The molecule has 1 amide bonds. The van der Waals surface area contributed by atoms with E-state index in [1.165, 1.54) is 0 Å². The molecule has 1 aliphatic heterocycles. The number of hydrogen-bond acceptors (Lipinski definition) is 3. The molecule has 1 aromatic rings. The number of nitrogens with one attached hydrogen (secondary N) is 1. The molecular formula is C14H22N2O3. The van der Waals surface area contributed by atoms with E-state index in [1.54, 1.807) is 7.11 Å². The van der Waals surface area contributed by atoms with Crippen LogP contribution in [0.25, 0.3) is 0 Å². The molecule has 0 aromatic carbocycles. The van der Waals surface area contributed by atoms with E-state index in [4.69, 9.17) is 9.47 Å². The number of nitrogens with zero attached hydrogens (tertiary/aromatic N) is 1. The van der Waals surface area contributed by atoms with Crippen LogP contribution in [0.15, 0.2) is 12.3 Å². The quantitative estimate of drug-likeness (QED) is 0.894. The summed E-state index contributed by atoms with van der Waals surface area (Å²) in [5, 5.41) is 2.93. The van der Waals surface area contributed by atoms with Gasteiger partial charge in [0, 0.05) is 25.2 Å². The Bertz CT molecular complexity index is 446. The zero-order valence-electron chi connectivity index (χ0n) is 12.0. The Kier molecular flexibility index (Phi) is 3.73. The standard InChI is InChI=1S/C14H22N2O3/c1-14(2,3)19-13(17)15-10-5-7-16-8-6-12(18-4)11(16)9-10/h6,8,10H,5,7,9H2,1-4H3,(H,15,17). The zero-order valence-corrected chi connectivity index (χ0v) is 12.0. The molecule has 0 fully saturated rings. The molecule has 5 heteroatoms. The number of aryl methyl sites for hydroxylation is 1. The fourth-order valence-electron chi connectivity index (χ4n) is 2.33. The summed E-state index contributed by atoms with van der Waals surface area (Å²) < 4.78 is 12.8. The van der Waals surface area contributed by atoms with Gasteiger partial charge in [-0.1, -0.05) is 0 Å². The smallest absolute Gasteiger partial charge is 0.407 e. The van der Waals surface area contributed by atoms with Crippen LogP contribution in [0.2, 0.25) is 0 Å². The fourth-order valence-corrected chi connectivity index (χ4v) is 2.33. The number of hydrogen-bond donors (Lipinski definition) is 1. The Hall–Kier alpha value is -1.65. The van der Waals surface area contributed by atoms with Crippen LogP contribution in [-0.2, 0) is 17.7 Å². The second-order valence-electron chi connectivity index (χ2n) is 5.86. The minimum atomic E-state index is -0.462. The second kappa shape index (κ2) is 5.15. The first kappa shape index (κ1) is 13.8. The van der Waals surface area contributed by atoms with E-state index in [9.17, 15) is 4.79 Å². The number of rotatable bonds is 2. The number of methoxy groups -OCH3 is 1. The van der Waals surface area contributed by atoms with Gasteiger partial charge in [-0.05, 0) is 33.3 Å². The van der Waals surface area contributed by atoms with Crippen LogP contribution in [-0.4, -0.2) is 29.4 Å². The number of ether oxygens (including phenoxy) is 2. The van der Waals surface area contributed by atoms with Crippen LogP contribution in [0, 0.1) is 0 Å². The molecule has 0 radical (unpaired) electrons. The van der Waals surface area contributed by atoms with Crippen molar-refractivity contribution in [2.75, 3.05) is 7.11 Å². The van der Waals surface area contributed by atoms with Gasteiger partial charge in [0.05, 0.1) is 12.8 Å². The van der Waals surface area contributed by atoms with Gasteiger partial charge in [0.15, 0.2) is 0 Å². The monoisotopic (exact) mass is 266 g/mol. The highest BCUT2D eigenvalue weighted by Crippen LogP contribution is 2.26. The predicted molar refractivity (Wildman–Crippen MR) is 72.5 cm³/mol. The summed E-state index contributed by atoms with van der Waals surface area (Å²) in [5.41, 5.74) is 0.672. The first-order chi connectivity index (χ1) is 8.89. The molecule has 0 saturated carbocycles. The summed E-state index contributed by atoms with van der Waals surface area (Å²) in [5.74, 6) is 0.885. The van der Waals surface area contributed by atoms with Gasteiger partial charge in [0.1, 0.15) is 11.4 Å². The Balaban J connectivity index is 1.96. The molecule has 106 valence electrons. The fraction of sp³-hybridized carbons (Fsp3) is 0.643. The maximum absolute atomic E-state index is 11.8. The van der Waals surface area contributed by atoms with E-state index < -0.39 is 5.60 Å². The first-order valence-electron chi connectivity index (χ1n) is 6.60. The van der Waals surface area contributed by atoms with Crippen molar-refractivity contribution in [1.82, 2.24) is 9.88 Å². The van der Waals surface area contributed by atoms with Gasteiger partial charge in [-0.25, -0.2) is 4.79 Å². The maximum atomic E-state index is 11.8. The number of carbonyl (C=O) groups is 1. The second-order valence-corrected chi connectivity index (χ2v) is 5.86. The number of aromatic nitrogens is 1. The van der Waals surface area contributed by atoms with Crippen molar-refractivity contribution < 1.29 is 14.3 Å². The third-order valence-electron chi connectivity index (χ3n) is 3.14. The Morgan fingerprint density at radius 1 is 1.47 bits per heavy atom. The molecule has 2 heterocycles. The minimum Gasteiger partial charge on any atom is -0.495 e. The van der Waals surface area contributed by atoms with Gasteiger partial charge < -0.3 is 19.4 Å². The number of amides is 1. The molecule has 1 N–H and O–H groups in total. The molecule has 0 spiro atoms. The summed E-state index contributed by atoms with van der Waals surface area (Å²) in [4.78, 5) is 11.8. The molecule has 19 heavy (non-hydrogen) atoms. The molecule has 0 bridgehead atoms. The van der Waals surface area contributed by atoms with Crippen molar-refractivity contribution >= 4 is 6.09 Å². The SMILES string of the molecule is COc1ccn2c1CC(NC(=O)OC(C)(C)C)CC2. The van der Waals surface area contributed by atoms with Crippen molar-refractivity contribution in [3.63, 3.8) is 0 Å². The molecule has 0 aliphatic carbocycles. The number of alkyl carbamates (subject to hydrolysis) is 1. The summed E-state index contributed by atoms with van der Waals surface area (Å²) in [6, 6.07) is 2.07. The van der Waals surface area contributed by atoms with Crippen LogP contribution >= 0.6 is 0 Å². The molecule has 1 unspecified atom stereocenters. The summed E-state index contributed by atoms with van der Waals surface area (Å²) in [6.07, 6.45) is 3.36. The Labute approximate surface area is 113 Å². The van der Waals surface area contributed by atoms with Crippen molar-refractivity contribution in [2.24, 2.45) is 0 Å². The van der Waals surface area contributed by atoms with Crippen molar-refractivity contribution in [3.05, 3.63) is 18.0 Å². The summed E-state index contributed by atoms with van der Waals surface area (Å²) >= 11 is 0. The van der Waals surface area contributed by atoms with Gasteiger partial charge in [0.2, 0.25) is 0 Å². The zero-order chi connectivity index (χ0) is 14.0. The molecule has 0 saturated heterocycles. The van der Waals surface area contributed by atoms with E-state index in [1.807, 2.05) is 33.0 Å². The van der Waals surface area contributed by atoms with Crippen molar-refractivity contribution in [2.45, 2.75) is 51.8 Å². The first-order valence-corrected chi connectivity index (χ1v) is 6.60. The van der Waals surface area contributed by atoms with Gasteiger partial charge in [-0.2, -0.15) is 0 Å². The van der Waals surface area contributed by atoms with Gasteiger partial charge in [-0.3, -0.25) is 0 Å². The Morgan fingerprint density at radius 2 is 2.21 bits per heavy atom. The van der Waals surface area contributed by atoms with Crippen LogP contribution in [0.4, 0.5) is 4.79 Å². The number of fused-ring (bicyclic) bond motifs is 1. The third kappa shape index (κ3) is 3.43. The summed E-state index contributed by atoms with van der Waals surface area (Å²) in [7, 11) is 1.67. The molecule has 1 aromatic heterocycles. The van der Waals surface area contributed by atoms with Crippen LogP contribution in [0.1, 0.15) is 32.9 Å². The lowest BCUT2D eigenvalue weighted by molar-refractivity contribution is 0.0496. The largest absolute Gasteiger partial charge is 0.495 e. The lowest BCUT2D eigenvalue weighted by atomic mass is 10.0. The van der Waals surface area contributed by atoms with Crippen LogP contribution in [0.5, 0.6) is 5.75 Å². The van der Waals surface area contributed by atoms with Gasteiger partial charge >= 0.3 is 6.09 Å². The maximum Gasteiger partial charge on any atom is 0.407 e. The molecular weight excluding hydrogens is 244 g/mol. The lowest BCUT2D eigenvalue weighted by Gasteiger charge is -2.27. The molecule has 1 atom stereocenters. The molecule has 2 rings (SSSR count). The average molecular weight is 266 g/mol. The minimum absolute atomic E-state index is 0.103. The molecule has 1 aliphatic rings. The van der Waals surface area contributed by atoms with E-state index in [0.29, 0.717) is 0 Å². The average Bonchev–Trinajstić information content (AvgIpc) is 2.68. The van der Waals surface area contributed by atoms with Crippen LogP contribution < -0.4 is 10.1 Å². The lowest BCUT2D eigenvalue weighted by Crippen LogP contribution is -2.42. The summed E-state index contributed by atoms with van der Waals surface area (Å²) in [6.45, 7) is 6.48. The van der Waals surface area contributed by atoms with Crippen LogP contribution in [0.3, 0.4) is 0 Å². The highest BCUT2D eigenvalue weighted by atomic mass is 16.6. The predicted octanol–water partition coefficient (Wildman–Crippen LogP) is 2.34. The van der Waals surface area contributed by atoms with E-state index >= 15 is 0 Å². The number of carbonyl (C=O) groups excluding carboxylic acids is 1. The van der Waals surface area contributed by atoms with E-state index in [0.717, 1.165) is 30.8 Å². The van der Waals surface area contributed by atoms with Crippen molar-refractivity contribution in [3.8, 4) is 5.75 Å². The third-order valence-corrected chi connectivity index (χ3v) is 3.14.